The Bertz CT molecular complexity index is 1210. The minimum atomic E-state index is -0.686. The molecule has 4 aromatic rings. The molecule has 0 aliphatic rings. The molecule has 2 aromatic heterocycles. The second kappa shape index (κ2) is 9.92. The van der Waals surface area contributed by atoms with E-state index in [4.69, 9.17) is 4.98 Å². The van der Waals surface area contributed by atoms with Gasteiger partial charge in [0.15, 0.2) is 5.65 Å². The van der Waals surface area contributed by atoms with Crippen molar-refractivity contribution in [1.29, 1.82) is 0 Å². The van der Waals surface area contributed by atoms with Crippen LogP contribution in [-0.2, 0) is 19.3 Å². The summed E-state index contributed by atoms with van der Waals surface area (Å²) < 4.78 is 1.72. The van der Waals surface area contributed by atoms with Gasteiger partial charge in [0, 0.05) is 6.42 Å². The Kier molecular flexibility index (Phi) is 6.81. The van der Waals surface area contributed by atoms with Gasteiger partial charge in [0.25, 0.3) is 5.56 Å². The lowest BCUT2D eigenvalue weighted by atomic mass is 10.0. The molecule has 0 bridgehead atoms. The van der Waals surface area contributed by atoms with Crippen molar-refractivity contribution >= 4 is 11.0 Å². The number of nitrogens with one attached hydrogen (secondary N) is 1. The zero-order chi connectivity index (χ0) is 22.5. The van der Waals surface area contributed by atoms with E-state index in [0.29, 0.717) is 41.8 Å². The molecule has 32 heavy (non-hydrogen) atoms. The van der Waals surface area contributed by atoms with E-state index in [1.807, 2.05) is 55.5 Å². The molecular weight excluding hydrogens is 400 g/mol. The summed E-state index contributed by atoms with van der Waals surface area (Å²) in [6.07, 6.45) is 2.90. The largest absolute Gasteiger partial charge is 0.391 e. The first kappa shape index (κ1) is 22.0. The number of aliphatic hydroxyl groups excluding tert-OH is 1. The number of fused-ring (bicyclic) bond motifs is 1. The molecule has 4 rings (SSSR count). The molecule has 0 amide bonds. The van der Waals surface area contributed by atoms with Crippen LogP contribution in [0.15, 0.2) is 65.5 Å². The first-order valence-corrected chi connectivity index (χ1v) is 11.3. The van der Waals surface area contributed by atoms with Crippen LogP contribution in [0.4, 0.5) is 0 Å². The quantitative estimate of drug-likeness (QED) is 0.416. The van der Waals surface area contributed by atoms with Crippen LogP contribution in [0.1, 0.15) is 55.4 Å². The van der Waals surface area contributed by atoms with Crippen molar-refractivity contribution in [2.24, 2.45) is 0 Å². The number of aliphatic hydroxyl groups is 1. The number of aromatic nitrogens is 4. The minimum Gasteiger partial charge on any atom is -0.391 e. The van der Waals surface area contributed by atoms with E-state index in [-0.39, 0.29) is 11.6 Å². The third kappa shape index (κ3) is 4.65. The summed E-state index contributed by atoms with van der Waals surface area (Å²) in [4.78, 5) is 18.5. The van der Waals surface area contributed by atoms with Gasteiger partial charge in [0.1, 0.15) is 11.2 Å². The molecule has 6 heteroatoms. The summed E-state index contributed by atoms with van der Waals surface area (Å²) in [7, 11) is 0. The van der Waals surface area contributed by atoms with Crippen LogP contribution in [0.5, 0.6) is 0 Å². The zero-order valence-electron chi connectivity index (χ0n) is 18.7. The summed E-state index contributed by atoms with van der Waals surface area (Å²) in [5.41, 5.74) is 3.42. The Hall–Kier alpha value is -3.25. The van der Waals surface area contributed by atoms with Crippen LogP contribution in [-0.4, -0.2) is 31.0 Å². The topological polar surface area (TPSA) is 83.8 Å². The monoisotopic (exact) mass is 430 g/mol. The Morgan fingerprint density at radius 3 is 2.31 bits per heavy atom. The summed E-state index contributed by atoms with van der Waals surface area (Å²) in [6.45, 7) is 3.73. The fourth-order valence-electron chi connectivity index (χ4n) is 4.34. The van der Waals surface area contributed by atoms with Crippen molar-refractivity contribution in [2.45, 2.75) is 58.1 Å². The summed E-state index contributed by atoms with van der Waals surface area (Å²) >= 11 is 0. The first-order chi connectivity index (χ1) is 15.6. The highest BCUT2D eigenvalue weighted by molar-refractivity contribution is 5.76. The first-order valence-electron chi connectivity index (χ1n) is 11.3. The third-order valence-electron chi connectivity index (χ3n) is 6.01. The number of benzene rings is 2. The average Bonchev–Trinajstić information content (AvgIpc) is 3.22. The second-order valence-electron chi connectivity index (χ2n) is 8.30. The highest BCUT2D eigenvalue weighted by Gasteiger charge is 2.25. The van der Waals surface area contributed by atoms with Crippen LogP contribution >= 0.6 is 0 Å². The maximum Gasteiger partial charge on any atom is 0.265 e. The van der Waals surface area contributed by atoms with E-state index in [1.54, 1.807) is 11.5 Å². The van der Waals surface area contributed by atoms with Crippen LogP contribution in [0.3, 0.4) is 0 Å². The molecule has 2 unspecified atom stereocenters. The highest BCUT2D eigenvalue weighted by atomic mass is 16.3. The van der Waals surface area contributed by atoms with Crippen LogP contribution in [0, 0.1) is 0 Å². The van der Waals surface area contributed by atoms with Crippen molar-refractivity contribution in [3.05, 3.63) is 93.7 Å². The predicted molar refractivity (Wildman–Crippen MR) is 127 cm³/mol. The van der Waals surface area contributed by atoms with Crippen molar-refractivity contribution in [3.8, 4) is 0 Å². The average molecular weight is 431 g/mol. The van der Waals surface area contributed by atoms with E-state index in [0.717, 1.165) is 18.4 Å². The maximum absolute atomic E-state index is 13.7. The fourth-order valence-corrected chi connectivity index (χ4v) is 4.34. The lowest BCUT2D eigenvalue weighted by Gasteiger charge is -2.25. The lowest BCUT2D eigenvalue weighted by Crippen LogP contribution is -2.35. The van der Waals surface area contributed by atoms with Gasteiger partial charge in [0.2, 0.25) is 0 Å². The van der Waals surface area contributed by atoms with Crippen LogP contribution in [0.2, 0.25) is 0 Å². The normalized spacial score (nSPS) is 13.3. The molecule has 0 spiro atoms. The third-order valence-corrected chi connectivity index (χ3v) is 6.01. The van der Waals surface area contributed by atoms with Gasteiger partial charge in [0.05, 0.1) is 17.8 Å². The molecule has 2 aromatic carbocycles. The second-order valence-corrected chi connectivity index (χ2v) is 8.30. The minimum absolute atomic E-state index is 0.128. The number of H-pyrrole nitrogens is 1. The van der Waals surface area contributed by atoms with E-state index in [2.05, 4.69) is 22.3 Å². The van der Waals surface area contributed by atoms with Gasteiger partial charge in [-0.15, -0.1) is 0 Å². The Labute approximate surface area is 188 Å². The molecule has 0 aliphatic carbocycles. The van der Waals surface area contributed by atoms with Gasteiger partial charge in [-0.1, -0.05) is 67.6 Å². The zero-order valence-corrected chi connectivity index (χ0v) is 18.7. The Morgan fingerprint density at radius 1 is 1.03 bits per heavy atom. The van der Waals surface area contributed by atoms with E-state index in [9.17, 15) is 9.90 Å². The number of aryl methyl sites for hydroxylation is 2. The van der Waals surface area contributed by atoms with Gasteiger partial charge in [-0.25, -0.2) is 4.98 Å². The molecule has 2 N–H and O–H groups in total. The molecule has 0 fully saturated rings. The smallest absolute Gasteiger partial charge is 0.265 e. The Balaban J connectivity index is 1.74. The van der Waals surface area contributed by atoms with Gasteiger partial charge in [-0.3, -0.25) is 14.5 Å². The number of nitrogens with zero attached hydrogens (tertiary/aromatic N) is 3. The van der Waals surface area contributed by atoms with Crippen molar-refractivity contribution < 1.29 is 5.11 Å². The summed E-state index contributed by atoms with van der Waals surface area (Å²) in [5.74, 6) is 0.644. The molecule has 0 saturated heterocycles. The number of hydrogen-bond donors (Lipinski definition) is 2. The molecule has 0 radical (unpaired) electrons. The number of hydrogen-bond acceptors (Lipinski definition) is 4. The van der Waals surface area contributed by atoms with E-state index in [1.165, 1.54) is 5.56 Å². The highest BCUT2D eigenvalue weighted by Crippen LogP contribution is 2.23. The fraction of sp³-hybridized carbons (Fsp3) is 0.346. The van der Waals surface area contributed by atoms with E-state index >= 15 is 0 Å². The SMILES string of the molecule is CCc1n[nH]c2nc(Cc3ccccc3)n(C(CCCc3ccccc3)C(C)O)c(=O)c12. The summed E-state index contributed by atoms with van der Waals surface area (Å²) in [6, 6.07) is 19.9. The van der Waals surface area contributed by atoms with Crippen LogP contribution in [0.25, 0.3) is 11.0 Å². The molecule has 0 saturated carbocycles. The Morgan fingerprint density at radius 2 is 1.69 bits per heavy atom. The molecule has 2 atom stereocenters. The molecule has 166 valence electrons. The van der Waals surface area contributed by atoms with Gasteiger partial charge < -0.3 is 5.11 Å². The van der Waals surface area contributed by atoms with Gasteiger partial charge in [-0.05, 0) is 43.7 Å². The maximum atomic E-state index is 13.7. The number of aromatic amines is 1. The molecule has 0 aliphatic heterocycles. The van der Waals surface area contributed by atoms with Crippen molar-refractivity contribution in [3.63, 3.8) is 0 Å². The standard InChI is InChI=1S/C26H30N4O2/c1-3-21-24-25(29-28-21)27-23(17-20-13-8-5-9-14-20)30(26(24)32)22(18(2)31)16-10-15-19-11-6-4-7-12-19/h4-9,11-14,18,22,31H,3,10,15-17H2,1-2H3,(H,28,29). The predicted octanol–water partition coefficient (Wildman–Crippen LogP) is 4.22. The molecule has 2 heterocycles. The van der Waals surface area contributed by atoms with Gasteiger partial charge in [-0.2, -0.15) is 5.10 Å². The summed E-state index contributed by atoms with van der Waals surface area (Å²) in [5, 5.41) is 18.5. The van der Waals surface area contributed by atoms with E-state index < -0.39 is 6.10 Å². The van der Waals surface area contributed by atoms with Crippen molar-refractivity contribution in [2.75, 3.05) is 0 Å². The van der Waals surface area contributed by atoms with Crippen molar-refractivity contribution in [1.82, 2.24) is 19.7 Å². The lowest BCUT2D eigenvalue weighted by molar-refractivity contribution is 0.119. The van der Waals surface area contributed by atoms with Crippen LogP contribution < -0.4 is 5.56 Å². The van der Waals surface area contributed by atoms with Gasteiger partial charge >= 0.3 is 0 Å². The molecule has 6 nitrogen and oxygen atoms in total. The number of rotatable bonds is 9. The molecular formula is C26H30N4O2.